The lowest BCUT2D eigenvalue weighted by Crippen LogP contribution is -2.46. The van der Waals surface area contributed by atoms with E-state index in [1.807, 2.05) is 12.1 Å². The van der Waals surface area contributed by atoms with Crippen LogP contribution in [-0.2, 0) is 5.41 Å². The van der Waals surface area contributed by atoms with E-state index in [1.54, 1.807) is 6.07 Å². The van der Waals surface area contributed by atoms with Gasteiger partial charge in [-0.05, 0) is 55.6 Å². The van der Waals surface area contributed by atoms with Crippen molar-refractivity contribution in [2.45, 2.75) is 49.6 Å². The van der Waals surface area contributed by atoms with Crippen LogP contribution in [0.3, 0.4) is 0 Å². The number of rotatable bonds is 1. The zero-order valence-electron chi connectivity index (χ0n) is 9.31. The first-order valence-electron chi connectivity index (χ1n) is 6.08. The average Bonchev–Trinajstić information content (AvgIpc) is 2.31. The van der Waals surface area contributed by atoms with Crippen LogP contribution < -0.4 is 0 Å². The van der Waals surface area contributed by atoms with Crippen molar-refractivity contribution in [1.82, 2.24) is 0 Å². The fraction of sp³-hybridized carbons (Fsp3) is 0.571. The maximum atomic E-state index is 14.0. The molecule has 16 heavy (non-hydrogen) atoms. The van der Waals surface area contributed by atoms with E-state index in [9.17, 15) is 8.78 Å². The van der Waals surface area contributed by atoms with Gasteiger partial charge in [-0.15, -0.1) is 0 Å². The van der Waals surface area contributed by atoms with Crippen molar-refractivity contribution in [3.8, 4) is 0 Å². The van der Waals surface area contributed by atoms with Crippen LogP contribution in [0.2, 0.25) is 0 Å². The van der Waals surface area contributed by atoms with Gasteiger partial charge in [0.1, 0.15) is 11.5 Å². The maximum absolute atomic E-state index is 14.0. The normalized spacial score (nSPS) is 37.6. The lowest BCUT2D eigenvalue weighted by Gasteiger charge is -2.50. The van der Waals surface area contributed by atoms with E-state index in [0.29, 0.717) is 19.3 Å². The zero-order chi connectivity index (χ0) is 11.2. The van der Waals surface area contributed by atoms with Crippen molar-refractivity contribution in [1.29, 1.82) is 0 Å². The van der Waals surface area contributed by atoms with E-state index in [4.69, 9.17) is 0 Å². The minimum absolute atomic E-state index is 0.0703. The van der Waals surface area contributed by atoms with E-state index < -0.39 is 5.67 Å². The molecule has 4 rings (SSSR count). The fourth-order valence-corrected chi connectivity index (χ4v) is 3.44. The Morgan fingerprint density at radius 2 is 1.44 bits per heavy atom. The van der Waals surface area contributed by atoms with Gasteiger partial charge in [-0.3, -0.25) is 0 Å². The van der Waals surface area contributed by atoms with Crippen molar-refractivity contribution >= 4 is 0 Å². The summed E-state index contributed by atoms with van der Waals surface area (Å²) in [4.78, 5) is 0. The van der Waals surface area contributed by atoms with E-state index in [0.717, 1.165) is 24.8 Å². The van der Waals surface area contributed by atoms with Crippen LogP contribution in [0.4, 0.5) is 8.78 Å². The predicted octanol–water partition coefficient (Wildman–Crippen LogP) is 4.14. The molecule has 2 heteroatoms. The first-order valence-corrected chi connectivity index (χ1v) is 6.08. The molecule has 0 radical (unpaired) electrons. The third-order valence-corrected chi connectivity index (χ3v) is 4.60. The van der Waals surface area contributed by atoms with Crippen LogP contribution in [0.5, 0.6) is 0 Å². The van der Waals surface area contributed by atoms with Crippen molar-refractivity contribution in [3.05, 3.63) is 35.6 Å². The summed E-state index contributed by atoms with van der Waals surface area (Å²) in [6.07, 6.45) is 4.27. The molecule has 3 fully saturated rings. The summed E-state index contributed by atoms with van der Waals surface area (Å²) < 4.78 is 27.9. The number of fused-ring (bicyclic) bond motifs is 3. The molecule has 0 atom stereocenters. The van der Waals surface area contributed by atoms with Crippen LogP contribution in [0.1, 0.15) is 44.1 Å². The number of alkyl halides is 1. The first-order chi connectivity index (χ1) is 7.64. The molecule has 1 aromatic carbocycles. The molecule has 0 spiro atoms. The van der Waals surface area contributed by atoms with Gasteiger partial charge in [0.15, 0.2) is 0 Å². The number of halogens is 2. The van der Waals surface area contributed by atoms with E-state index in [1.165, 1.54) is 6.07 Å². The molecule has 3 aliphatic carbocycles. The van der Waals surface area contributed by atoms with Crippen molar-refractivity contribution in [3.63, 3.8) is 0 Å². The van der Waals surface area contributed by atoms with Crippen LogP contribution in [0.15, 0.2) is 24.3 Å². The monoisotopic (exact) mass is 222 g/mol. The molecule has 2 bridgehead atoms. The number of benzene rings is 1. The van der Waals surface area contributed by atoms with Gasteiger partial charge in [-0.2, -0.15) is 0 Å². The molecule has 0 heterocycles. The Labute approximate surface area is 94.7 Å². The summed E-state index contributed by atoms with van der Waals surface area (Å²) in [7, 11) is 0. The van der Waals surface area contributed by atoms with Gasteiger partial charge in [0, 0.05) is 0 Å². The highest BCUT2D eigenvalue weighted by Crippen LogP contribution is 2.55. The minimum atomic E-state index is -0.937. The van der Waals surface area contributed by atoms with Gasteiger partial charge >= 0.3 is 0 Å². The van der Waals surface area contributed by atoms with Crippen LogP contribution in [0.25, 0.3) is 0 Å². The Morgan fingerprint density at radius 3 is 2.00 bits per heavy atom. The third kappa shape index (κ3) is 1.39. The van der Waals surface area contributed by atoms with Crippen molar-refractivity contribution < 1.29 is 8.78 Å². The summed E-state index contributed by atoms with van der Waals surface area (Å²) in [5.74, 6) is -0.115. The Hall–Kier alpha value is -0.920. The molecule has 86 valence electrons. The molecule has 0 N–H and O–H groups in total. The standard InChI is InChI=1S/C14H16F2/c15-12-4-2-1-3-11(12)13-5-8-14(16,9-6-13)10-7-13/h1-4H,5-10H2. The molecule has 3 aliphatic rings. The maximum Gasteiger partial charge on any atom is 0.126 e. The molecule has 0 unspecified atom stereocenters. The van der Waals surface area contributed by atoms with E-state index in [2.05, 4.69) is 0 Å². The smallest absolute Gasteiger partial charge is 0.126 e. The highest BCUT2D eigenvalue weighted by molar-refractivity contribution is 5.30. The lowest BCUT2D eigenvalue weighted by molar-refractivity contribution is 0.00227. The van der Waals surface area contributed by atoms with Crippen LogP contribution in [0, 0.1) is 5.82 Å². The molecule has 1 aromatic rings. The van der Waals surface area contributed by atoms with Crippen molar-refractivity contribution in [2.24, 2.45) is 0 Å². The summed E-state index contributed by atoms with van der Waals surface area (Å²) in [5, 5.41) is 0. The Balaban J connectivity index is 1.99. The van der Waals surface area contributed by atoms with Gasteiger partial charge in [0.05, 0.1) is 0 Å². The van der Waals surface area contributed by atoms with Gasteiger partial charge in [-0.1, -0.05) is 18.2 Å². The van der Waals surface area contributed by atoms with Crippen LogP contribution in [-0.4, -0.2) is 5.67 Å². The quantitative estimate of drug-likeness (QED) is 0.670. The Morgan fingerprint density at radius 1 is 0.875 bits per heavy atom. The summed E-state index contributed by atoms with van der Waals surface area (Å²) in [6.45, 7) is 0. The topological polar surface area (TPSA) is 0 Å². The van der Waals surface area contributed by atoms with Gasteiger partial charge in [0.2, 0.25) is 0 Å². The molecular formula is C14H16F2. The van der Waals surface area contributed by atoms with Gasteiger partial charge < -0.3 is 0 Å². The zero-order valence-corrected chi connectivity index (χ0v) is 9.31. The lowest BCUT2D eigenvalue weighted by atomic mass is 9.57. The molecule has 0 aliphatic heterocycles. The second-order valence-electron chi connectivity index (χ2n) is 5.41. The number of hydrogen-bond donors (Lipinski definition) is 0. The highest BCUT2D eigenvalue weighted by Gasteiger charge is 2.50. The Bertz CT molecular complexity index is 386. The molecule has 0 nitrogen and oxygen atoms in total. The van der Waals surface area contributed by atoms with E-state index >= 15 is 0 Å². The van der Waals surface area contributed by atoms with Crippen LogP contribution >= 0.6 is 0 Å². The van der Waals surface area contributed by atoms with Gasteiger partial charge in [-0.25, -0.2) is 8.78 Å². The molecular weight excluding hydrogens is 206 g/mol. The van der Waals surface area contributed by atoms with Crippen molar-refractivity contribution in [2.75, 3.05) is 0 Å². The number of hydrogen-bond acceptors (Lipinski definition) is 0. The second kappa shape index (κ2) is 3.28. The average molecular weight is 222 g/mol. The summed E-state index contributed by atoms with van der Waals surface area (Å²) in [5.41, 5.74) is -0.191. The summed E-state index contributed by atoms with van der Waals surface area (Å²) >= 11 is 0. The van der Waals surface area contributed by atoms with E-state index in [-0.39, 0.29) is 11.2 Å². The predicted molar refractivity (Wildman–Crippen MR) is 59.6 cm³/mol. The molecule has 0 aromatic heterocycles. The van der Waals surface area contributed by atoms with Gasteiger partial charge in [0.25, 0.3) is 0 Å². The molecule has 0 amide bonds. The molecule has 0 saturated heterocycles. The second-order valence-corrected chi connectivity index (χ2v) is 5.41. The first kappa shape index (κ1) is 10.2. The largest absolute Gasteiger partial charge is 0.244 e. The molecule has 3 saturated carbocycles. The highest BCUT2D eigenvalue weighted by atomic mass is 19.1. The summed E-state index contributed by atoms with van der Waals surface area (Å²) in [6, 6.07) is 7.02. The minimum Gasteiger partial charge on any atom is -0.244 e. The Kier molecular flexibility index (Phi) is 2.10. The fourth-order valence-electron chi connectivity index (χ4n) is 3.44. The SMILES string of the molecule is Fc1ccccc1C12CCC(F)(CC1)CC2. The third-order valence-electron chi connectivity index (χ3n) is 4.60.